The second-order valence-electron chi connectivity index (χ2n) is 5.64. The molecule has 106 valence electrons. The topological polar surface area (TPSA) is 56.0 Å². The highest BCUT2D eigenvalue weighted by Gasteiger charge is 2.17. The Morgan fingerprint density at radius 2 is 2.05 bits per heavy atom. The molecule has 1 fully saturated rings. The van der Waals surface area contributed by atoms with E-state index in [1.54, 1.807) is 19.4 Å². The molecule has 0 amide bonds. The van der Waals surface area contributed by atoms with Crippen molar-refractivity contribution in [2.75, 3.05) is 6.54 Å². The van der Waals surface area contributed by atoms with Gasteiger partial charge in [-0.15, -0.1) is 0 Å². The van der Waals surface area contributed by atoms with Crippen LogP contribution >= 0.6 is 0 Å². The number of nitrogens with zero attached hydrogens (tertiary/aromatic N) is 2. The Morgan fingerprint density at radius 1 is 1.26 bits per heavy atom. The lowest BCUT2D eigenvalue weighted by molar-refractivity contribution is 0.299. The lowest BCUT2D eigenvalue weighted by atomic mass is 9.87. The first-order chi connectivity index (χ1) is 9.08. The van der Waals surface area contributed by atoms with Gasteiger partial charge in [-0.1, -0.05) is 19.8 Å². The fourth-order valence-corrected chi connectivity index (χ4v) is 2.77. The van der Waals surface area contributed by atoms with Gasteiger partial charge in [-0.3, -0.25) is 9.59 Å². The summed E-state index contributed by atoms with van der Waals surface area (Å²) in [7, 11) is 1.59. The molecule has 19 heavy (non-hydrogen) atoms. The molecule has 0 bridgehead atoms. The molecule has 5 nitrogen and oxygen atoms in total. The number of aryl methyl sites for hydroxylation is 1. The Kier molecular flexibility index (Phi) is 4.58. The second kappa shape index (κ2) is 6.19. The summed E-state index contributed by atoms with van der Waals surface area (Å²) in [5, 5.41) is 3.49. The minimum atomic E-state index is -0.464. The monoisotopic (exact) mass is 265 g/mol. The van der Waals surface area contributed by atoms with Crippen LogP contribution in [-0.2, 0) is 13.6 Å². The van der Waals surface area contributed by atoms with Crippen LogP contribution in [-0.4, -0.2) is 21.7 Å². The fourth-order valence-electron chi connectivity index (χ4n) is 2.77. The van der Waals surface area contributed by atoms with Crippen LogP contribution in [0.2, 0.25) is 0 Å². The van der Waals surface area contributed by atoms with E-state index in [2.05, 4.69) is 12.2 Å². The summed E-state index contributed by atoms with van der Waals surface area (Å²) in [6.07, 6.45) is 8.35. The normalized spacial score (nSPS) is 23.5. The molecule has 1 aromatic heterocycles. The second-order valence-corrected chi connectivity index (χ2v) is 5.64. The van der Waals surface area contributed by atoms with Crippen LogP contribution < -0.4 is 16.4 Å². The predicted octanol–water partition coefficient (Wildman–Crippen LogP) is 0.715. The van der Waals surface area contributed by atoms with Gasteiger partial charge >= 0.3 is 11.1 Å². The van der Waals surface area contributed by atoms with Gasteiger partial charge in [0.05, 0.1) is 0 Å². The number of hydrogen-bond donors (Lipinski definition) is 1. The lowest BCUT2D eigenvalue weighted by Crippen LogP contribution is -2.42. The van der Waals surface area contributed by atoms with Gasteiger partial charge in [-0.2, -0.15) is 0 Å². The summed E-state index contributed by atoms with van der Waals surface area (Å²) < 4.78 is 2.80. The predicted molar refractivity (Wildman–Crippen MR) is 75.4 cm³/mol. The largest absolute Gasteiger partial charge is 0.316 e. The Morgan fingerprint density at radius 3 is 2.79 bits per heavy atom. The Hall–Kier alpha value is -1.36. The first-order valence-electron chi connectivity index (χ1n) is 7.07. The maximum Gasteiger partial charge on any atom is 0.316 e. The van der Waals surface area contributed by atoms with Crippen molar-refractivity contribution in [2.45, 2.75) is 45.2 Å². The summed E-state index contributed by atoms with van der Waals surface area (Å²) >= 11 is 0. The quantitative estimate of drug-likeness (QED) is 0.816. The molecule has 5 heteroatoms. The van der Waals surface area contributed by atoms with Crippen molar-refractivity contribution < 1.29 is 0 Å². The highest BCUT2D eigenvalue weighted by molar-refractivity contribution is 4.85. The Labute approximate surface area is 113 Å². The molecule has 0 saturated heterocycles. The van der Waals surface area contributed by atoms with Crippen LogP contribution in [0.3, 0.4) is 0 Å². The van der Waals surface area contributed by atoms with Crippen LogP contribution in [0, 0.1) is 5.92 Å². The van der Waals surface area contributed by atoms with Gasteiger partial charge in [0.25, 0.3) is 0 Å². The number of nitrogens with one attached hydrogen (secondary N) is 1. The first kappa shape index (κ1) is 14.1. The van der Waals surface area contributed by atoms with Crippen molar-refractivity contribution in [3.63, 3.8) is 0 Å². The average Bonchev–Trinajstić information content (AvgIpc) is 2.39. The van der Waals surface area contributed by atoms with Gasteiger partial charge < -0.3 is 14.5 Å². The van der Waals surface area contributed by atoms with E-state index < -0.39 is 11.1 Å². The van der Waals surface area contributed by atoms with Gasteiger partial charge in [0.2, 0.25) is 0 Å². The van der Waals surface area contributed by atoms with Gasteiger partial charge in [0, 0.05) is 38.6 Å². The zero-order chi connectivity index (χ0) is 13.8. The van der Waals surface area contributed by atoms with E-state index in [1.165, 1.54) is 34.8 Å². The number of rotatable bonds is 4. The van der Waals surface area contributed by atoms with Crippen molar-refractivity contribution in [3.05, 3.63) is 33.1 Å². The average molecular weight is 265 g/mol. The highest BCUT2D eigenvalue weighted by Crippen LogP contribution is 2.23. The molecule has 2 unspecified atom stereocenters. The van der Waals surface area contributed by atoms with Crippen molar-refractivity contribution >= 4 is 0 Å². The third-order valence-corrected chi connectivity index (χ3v) is 3.96. The molecule has 1 aliphatic rings. The molecule has 0 radical (unpaired) electrons. The van der Waals surface area contributed by atoms with Crippen LogP contribution in [0.5, 0.6) is 0 Å². The van der Waals surface area contributed by atoms with Crippen molar-refractivity contribution in [3.8, 4) is 0 Å². The molecule has 1 aliphatic carbocycles. The van der Waals surface area contributed by atoms with Crippen molar-refractivity contribution in [1.82, 2.24) is 14.5 Å². The van der Waals surface area contributed by atoms with Crippen LogP contribution in [0.1, 0.15) is 32.6 Å². The molecule has 1 heterocycles. The van der Waals surface area contributed by atoms with E-state index in [9.17, 15) is 9.59 Å². The molecule has 0 aliphatic heterocycles. The fraction of sp³-hybridized carbons (Fsp3) is 0.714. The highest BCUT2D eigenvalue weighted by atomic mass is 16.2. The molecular formula is C14H23N3O2. The lowest BCUT2D eigenvalue weighted by Gasteiger charge is -2.27. The standard InChI is InChI=1S/C14H23N3O2/c1-11-4-3-5-12(10-11)15-6-7-17-9-8-16(2)13(18)14(17)19/h8-9,11-12,15H,3-7,10H2,1-2H3. The first-order valence-corrected chi connectivity index (χ1v) is 7.07. The maximum absolute atomic E-state index is 11.7. The molecule has 2 atom stereocenters. The number of aromatic nitrogens is 2. The zero-order valence-corrected chi connectivity index (χ0v) is 11.8. The summed E-state index contributed by atoms with van der Waals surface area (Å²) in [5.41, 5.74) is -0.905. The SMILES string of the molecule is CC1CCCC(NCCn2ccn(C)c(=O)c2=O)C1. The van der Waals surface area contributed by atoms with Crippen molar-refractivity contribution in [2.24, 2.45) is 13.0 Å². The van der Waals surface area contributed by atoms with E-state index in [4.69, 9.17) is 0 Å². The molecule has 1 N–H and O–H groups in total. The summed E-state index contributed by atoms with van der Waals surface area (Å²) in [6.45, 7) is 3.59. The molecule has 0 aromatic carbocycles. The summed E-state index contributed by atoms with van der Waals surface area (Å²) in [4.78, 5) is 23.2. The Balaban J connectivity index is 1.88. The third-order valence-electron chi connectivity index (χ3n) is 3.96. The molecular weight excluding hydrogens is 242 g/mol. The van der Waals surface area contributed by atoms with Gasteiger partial charge in [-0.05, 0) is 18.8 Å². The van der Waals surface area contributed by atoms with Crippen LogP contribution in [0.25, 0.3) is 0 Å². The van der Waals surface area contributed by atoms with Gasteiger partial charge in [0.1, 0.15) is 0 Å². The van der Waals surface area contributed by atoms with E-state index in [0.717, 1.165) is 12.5 Å². The molecule has 1 aromatic rings. The molecule has 0 spiro atoms. The van der Waals surface area contributed by atoms with Crippen LogP contribution in [0.15, 0.2) is 22.0 Å². The minimum absolute atomic E-state index is 0.441. The van der Waals surface area contributed by atoms with E-state index in [0.29, 0.717) is 12.6 Å². The minimum Gasteiger partial charge on any atom is -0.312 e. The molecule has 1 saturated carbocycles. The van der Waals surface area contributed by atoms with Gasteiger partial charge in [0.15, 0.2) is 0 Å². The summed E-state index contributed by atoms with van der Waals surface area (Å²) in [5.74, 6) is 0.790. The van der Waals surface area contributed by atoms with E-state index >= 15 is 0 Å². The number of hydrogen-bond acceptors (Lipinski definition) is 3. The van der Waals surface area contributed by atoms with E-state index in [1.807, 2.05) is 0 Å². The molecule has 2 rings (SSSR count). The van der Waals surface area contributed by atoms with Crippen LogP contribution in [0.4, 0.5) is 0 Å². The third kappa shape index (κ3) is 3.56. The maximum atomic E-state index is 11.7. The smallest absolute Gasteiger partial charge is 0.312 e. The summed E-state index contributed by atoms with van der Waals surface area (Å²) in [6, 6.07) is 0.561. The van der Waals surface area contributed by atoms with E-state index in [-0.39, 0.29) is 0 Å². The zero-order valence-electron chi connectivity index (χ0n) is 11.8. The van der Waals surface area contributed by atoms with Crippen molar-refractivity contribution in [1.29, 1.82) is 0 Å². The van der Waals surface area contributed by atoms with Gasteiger partial charge in [-0.25, -0.2) is 0 Å². The Bertz CT molecular complexity index is 532.